The molecule has 0 N–H and O–H groups in total. The Morgan fingerprint density at radius 1 is 0.686 bits per heavy atom. The van der Waals surface area contributed by atoms with Crippen LogP contribution in [0.5, 0.6) is 0 Å². The fraction of sp³-hybridized carbons (Fsp3) is 0.0690. The topological polar surface area (TPSA) is 63.3 Å². The highest BCUT2D eigenvalue weighted by Gasteiger charge is 2.18. The summed E-state index contributed by atoms with van der Waals surface area (Å²) in [6, 6.07) is 32.8. The average Bonchev–Trinajstić information content (AvgIpc) is 3.45. The molecule has 0 unspecified atom stereocenters. The minimum atomic E-state index is 0.612. The van der Waals surface area contributed by atoms with E-state index in [1.165, 1.54) is 5.56 Å². The molecule has 166 valence electrons. The summed E-state index contributed by atoms with van der Waals surface area (Å²) in [5, 5.41) is 9.36. The maximum absolute atomic E-state index is 9.36. The number of hydrogen-bond acceptors (Lipinski definition) is 3. The monoisotopic (exact) mass is 452 g/mol. The molecule has 3 heterocycles. The van der Waals surface area contributed by atoms with Gasteiger partial charge in [-0.05, 0) is 72.6 Å². The Morgan fingerprint density at radius 2 is 1.29 bits per heavy atom. The largest absolute Gasteiger partial charge is 0.276 e. The van der Waals surface area contributed by atoms with Gasteiger partial charge >= 0.3 is 0 Å². The zero-order valence-electron chi connectivity index (χ0n) is 19.1. The third-order valence-electron chi connectivity index (χ3n) is 6.67. The maximum Gasteiger partial charge on any atom is 0.223 e. The van der Waals surface area contributed by atoms with Crippen molar-refractivity contribution in [3.05, 3.63) is 102 Å². The molecule has 7 rings (SSSR count). The van der Waals surface area contributed by atoms with E-state index in [0.29, 0.717) is 5.56 Å². The molecule has 0 bridgehead atoms. The van der Waals surface area contributed by atoms with E-state index in [9.17, 15) is 5.26 Å². The standard InChI is InChI=1S/C29H20N6/c1-2-19-13-16-26-27(17-19)35-25-10-6-4-8-23(25)32-29(35)33(21-14-11-20(18-30)12-15-21)28-31-22-7-3-5-9-24(22)34(26)28/h3-17H,2H2,1H3. The summed E-state index contributed by atoms with van der Waals surface area (Å²) < 4.78 is 6.53. The van der Waals surface area contributed by atoms with Gasteiger partial charge in [0.25, 0.3) is 0 Å². The zero-order valence-corrected chi connectivity index (χ0v) is 19.1. The van der Waals surface area contributed by atoms with Gasteiger partial charge in [0.1, 0.15) is 0 Å². The lowest BCUT2D eigenvalue weighted by Crippen LogP contribution is -2.02. The summed E-state index contributed by atoms with van der Waals surface area (Å²) >= 11 is 0. The van der Waals surface area contributed by atoms with Crippen LogP contribution in [-0.2, 0) is 6.42 Å². The molecule has 0 aliphatic rings. The predicted molar refractivity (Wildman–Crippen MR) is 139 cm³/mol. The average molecular weight is 453 g/mol. The van der Waals surface area contributed by atoms with Crippen LogP contribution in [0.25, 0.3) is 50.3 Å². The number of rotatable bonds is 2. The van der Waals surface area contributed by atoms with E-state index in [1.807, 2.05) is 60.7 Å². The summed E-state index contributed by atoms with van der Waals surface area (Å²) in [5.74, 6) is 1.52. The number of hydrogen-bond donors (Lipinski definition) is 0. The number of imidazole rings is 2. The molecule has 0 atom stereocenters. The highest BCUT2D eigenvalue weighted by molar-refractivity contribution is 5.93. The lowest BCUT2D eigenvalue weighted by Gasteiger charge is -2.07. The number of aromatic nitrogens is 5. The van der Waals surface area contributed by atoms with Crippen LogP contribution in [0.3, 0.4) is 0 Å². The van der Waals surface area contributed by atoms with Crippen molar-refractivity contribution >= 4 is 44.7 Å². The molecule has 0 aliphatic heterocycles. The van der Waals surface area contributed by atoms with Crippen molar-refractivity contribution in [3.8, 4) is 11.8 Å². The van der Waals surface area contributed by atoms with Gasteiger partial charge in [0.15, 0.2) is 0 Å². The van der Waals surface area contributed by atoms with Crippen LogP contribution in [-0.4, -0.2) is 23.3 Å². The molecule has 7 aromatic rings. The molecule has 0 saturated carbocycles. The summed E-state index contributed by atoms with van der Waals surface area (Å²) in [6.07, 6.45) is 0.937. The van der Waals surface area contributed by atoms with E-state index >= 15 is 0 Å². The molecule has 0 spiro atoms. The van der Waals surface area contributed by atoms with Gasteiger partial charge in [0.05, 0.1) is 50.4 Å². The minimum Gasteiger partial charge on any atom is -0.276 e. The number of aryl methyl sites for hydroxylation is 1. The Hall–Kier alpha value is -4.89. The lowest BCUT2D eigenvalue weighted by atomic mass is 10.1. The quantitative estimate of drug-likeness (QED) is 0.312. The van der Waals surface area contributed by atoms with Crippen molar-refractivity contribution in [2.24, 2.45) is 0 Å². The minimum absolute atomic E-state index is 0.612. The van der Waals surface area contributed by atoms with Gasteiger partial charge < -0.3 is 0 Å². The van der Waals surface area contributed by atoms with E-state index in [2.05, 4.69) is 56.7 Å². The summed E-state index contributed by atoms with van der Waals surface area (Å²) in [7, 11) is 0. The number of para-hydroxylation sites is 4. The molecule has 0 aliphatic carbocycles. The molecule has 6 heteroatoms. The first-order chi connectivity index (χ1) is 17.3. The first-order valence-electron chi connectivity index (χ1n) is 11.7. The van der Waals surface area contributed by atoms with Crippen LogP contribution in [0.1, 0.15) is 18.1 Å². The van der Waals surface area contributed by atoms with Gasteiger partial charge in [-0.15, -0.1) is 0 Å². The van der Waals surface area contributed by atoms with E-state index in [4.69, 9.17) is 9.97 Å². The van der Waals surface area contributed by atoms with Gasteiger partial charge in [-0.1, -0.05) is 37.3 Å². The highest BCUT2D eigenvalue weighted by Crippen LogP contribution is 2.30. The van der Waals surface area contributed by atoms with E-state index in [1.54, 1.807) is 0 Å². The Bertz CT molecular complexity index is 2000. The van der Waals surface area contributed by atoms with Crippen molar-refractivity contribution in [2.45, 2.75) is 13.3 Å². The van der Waals surface area contributed by atoms with Gasteiger partial charge in [-0.2, -0.15) is 5.26 Å². The van der Waals surface area contributed by atoms with E-state index in [-0.39, 0.29) is 0 Å². The van der Waals surface area contributed by atoms with Crippen molar-refractivity contribution in [2.75, 3.05) is 0 Å². The first-order valence-corrected chi connectivity index (χ1v) is 11.7. The Kier molecular flexibility index (Phi) is 4.08. The molecule has 6 nitrogen and oxygen atoms in total. The predicted octanol–water partition coefficient (Wildman–Crippen LogP) is 6.23. The summed E-state index contributed by atoms with van der Waals surface area (Å²) in [5.41, 5.74) is 8.76. The molecular weight excluding hydrogens is 432 g/mol. The van der Waals surface area contributed by atoms with Crippen LogP contribution in [0, 0.1) is 11.3 Å². The molecule has 0 saturated heterocycles. The fourth-order valence-corrected chi connectivity index (χ4v) is 4.96. The summed E-state index contributed by atoms with van der Waals surface area (Å²) in [6.45, 7) is 2.17. The fourth-order valence-electron chi connectivity index (χ4n) is 4.96. The van der Waals surface area contributed by atoms with Crippen molar-refractivity contribution in [1.29, 1.82) is 5.26 Å². The van der Waals surface area contributed by atoms with Gasteiger partial charge in [-0.3, -0.25) is 8.80 Å². The molecule has 0 fully saturated rings. The van der Waals surface area contributed by atoms with Crippen LogP contribution in [0.4, 0.5) is 0 Å². The summed E-state index contributed by atoms with van der Waals surface area (Å²) in [4.78, 5) is 10.2. The second-order valence-electron chi connectivity index (χ2n) is 8.64. The molecule has 4 aromatic carbocycles. The zero-order chi connectivity index (χ0) is 23.5. The maximum atomic E-state index is 9.36. The molecule has 35 heavy (non-hydrogen) atoms. The number of benzene rings is 4. The molecule has 3 aromatic heterocycles. The second kappa shape index (κ2) is 7.31. The second-order valence-corrected chi connectivity index (χ2v) is 8.64. The van der Waals surface area contributed by atoms with Crippen molar-refractivity contribution in [3.63, 3.8) is 0 Å². The van der Waals surface area contributed by atoms with Gasteiger partial charge in [0.2, 0.25) is 11.6 Å². The number of fused-ring (bicyclic) bond motifs is 9. The smallest absolute Gasteiger partial charge is 0.223 e. The third kappa shape index (κ3) is 2.76. The van der Waals surface area contributed by atoms with Crippen LogP contribution in [0.2, 0.25) is 0 Å². The van der Waals surface area contributed by atoms with E-state index in [0.717, 1.165) is 56.8 Å². The van der Waals surface area contributed by atoms with Crippen molar-refractivity contribution in [1.82, 2.24) is 23.3 Å². The normalized spacial score (nSPS) is 11.7. The molecule has 0 radical (unpaired) electrons. The first kappa shape index (κ1) is 19.6. The highest BCUT2D eigenvalue weighted by atomic mass is 15.3. The Morgan fingerprint density at radius 3 is 1.89 bits per heavy atom. The van der Waals surface area contributed by atoms with Crippen LogP contribution < -0.4 is 0 Å². The molecule has 0 amide bonds. The third-order valence-corrected chi connectivity index (χ3v) is 6.67. The van der Waals surface area contributed by atoms with Gasteiger partial charge in [-0.25, -0.2) is 14.5 Å². The Labute approximate surface area is 200 Å². The van der Waals surface area contributed by atoms with Crippen molar-refractivity contribution < 1.29 is 0 Å². The number of nitriles is 1. The molecular formula is C29H20N6. The van der Waals surface area contributed by atoms with E-state index < -0.39 is 0 Å². The van der Waals surface area contributed by atoms with Crippen LogP contribution >= 0.6 is 0 Å². The van der Waals surface area contributed by atoms with Gasteiger partial charge in [0, 0.05) is 0 Å². The number of nitrogens with zero attached hydrogens (tertiary/aromatic N) is 6. The lowest BCUT2D eigenvalue weighted by molar-refractivity contribution is 1.03. The van der Waals surface area contributed by atoms with Crippen LogP contribution in [0.15, 0.2) is 91.0 Å². The SMILES string of the molecule is CCc1ccc2c(c1)n1c3ccccc3nc1n(-c1ccc(C#N)cc1)c1nc3ccccc3n21. The Balaban J connectivity index is 1.84.